The molecule has 1 spiro atoms. The van der Waals surface area contributed by atoms with Gasteiger partial charge in [-0.05, 0) is 12.8 Å². The van der Waals surface area contributed by atoms with Crippen molar-refractivity contribution in [2.45, 2.75) is 32.3 Å². The van der Waals surface area contributed by atoms with Crippen LogP contribution in [0.3, 0.4) is 0 Å². The van der Waals surface area contributed by atoms with Crippen molar-refractivity contribution in [3.05, 3.63) is 0 Å². The molecule has 2 heterocycles. The van der Waals surface area contributed by atoms with E-state index in [1.807, 2.05) is 11.8 Å². The Morgan fingerprint density at radius 2 is 2.07 bits per heavy atom. The van der Waals surface area contributed by atoms with E-state index >= 15 is 0 Å². The number of amides is 1. The Hall–Kier alpha value is -0.900. The number of carbonyl (C=O) groups excluding carboxylic acids is 2. The fraction of sp³-hybridized carbons (Fsp3) is 0.818. The van der Waals surface area contributed by atoms with Crippen molar-refractivity contribution in [3.8, 4) is 0 Å². The number of hydrogen-bond acceptors (Lipinski definition) is 3. The van der Waals surface area contributed by atoms with Crippen LogP contribution in [0.5, 0.6) is 0 Å². The molecule has 0 bridgehead atoms. The van der Waals surface area contributed by atoms with E-state index in [1.165, 1.54) is 0 Å². The number of carbonyl (C=O) groups is 2. The third kappa shape index (κ3) is 1.67. The van der Waals surface area contributed by atoms with Gasteiger partial charge in [0, 0.05) is 25.9 Å². The Morgan fingerprint density at radius 1 is 1.47 bits per heavy atom. The summed E-state index contributed by atoms with van der Waals surface area (Å²) in [6.45, 7) is 5.21. The highest BCUT2D eigenvalue weighted by molar-refractivity contribution is 5.85. The van der Waals surface area contributed by atoms with Gasteiger partial charge >= 0.3 is 0 Å². The van der Waals surface area contributed by atoms with Crippen LogP contribution in [0.1, 0.15) is 26.7 Å². The van der Waals surface area contributed by atoms with Gasteiger partial charge in [0.2, 0.25) is 5.91 Å². The lowest BCUT2D eigenvalue weighted by Gasteiger charge is -2.40. The monoisotopic (exact) mass is 211 g/mol. The highest BCUT2D eigenvalue weighted by atomic mass is 16.5. The molecule has 2 saturated heterocycles. The van der Waals surface area contributed by atoms with E-state index < -0.39 is 0 Å². The summed E-state index contributed by atoms with van der Waals surface area (Å²) in [5.41, 5.74) is -0.275. The average molecular weight is 211 g/mol. The minimum Gasteiger partial charge on any atom is -0.366 e. The van der Waals surface area contributed by atoms with Crippen molar-refractivity contribution in [2.24, 2.45) is 5.92 Å². The molecule has 1 amide bonds. The van der Waals surface area contributed by atoms with Crippen LogP contribution in [-0.2, 0) is 14.3 Å². The van der Waals surface area contributed by atoms with Gasteiger partial charge in [-0.1, -0.05) is 6.92 Å². The molecule has 2 aliphatic rings. The van der Waals surface area contributed by atoms with E-state index in [4.69, 9.17) is 4.74 Å². The van der Waals surface area contributed by atoms with Crippen LogP contribution in [0.4, 0.5) is 0 Å². The molecule has 0 saturated carbocycles. The second-order valence-electron chi connectivity index (χ2n) is 4.55. The molecule has 0 aromatic rings. The molecule has 1 unspecified atom stereocenters. The van der Waals surface area contributed by atoms with E-state index in [1.54, 1.807) is 6.92 Å². The van der Waals surface area contributed by atoms with Crippen molar-refractivity contribution >= 4 is 11.7 Å². The molecule has 15 heavy (non-hydrogen) atoms. The van der Waals surface area contributed by atoms with Crippen LogP contribution in [-0.4, -0.2) is 41.9 Å². The second-order valence-corrected chi connectivity index (χ2v) is 4.55. The van der Waals surface area contributed by atoms with Crippen LogP contribution < -0.4 is 0 Å². The van der Waals surface area contributed by atoms with Crippen molar-refractivity contribution in [1.82, 2.24) is 4.90 Å². The number of Topliss-reactive ketones (excluding diaryl/α,β-unsaturated/α-hetero) is 1. The number of likely N-dealkylation sites (tertiary alicyclic amines) is 1. The zero-order chi connectivity index (χ0) is 11.1. The van der Waals surface area contributed by atoms with Gasteiger partial charge in [-0.15, -0.1) is 0 Å². The third-order valence-electron chi connectivity index (χ3n) is 3.83. The summed E-state index contributed by atoms with van der Waals surface area (Å²) in [7, 11) is 0. The van der Waals surface area contributed by atoms with Crippen LogP contribution in [0.25, 0.3) is 0 Å². The van der Waals surface area contributed by atoms with Gasteiger partial charge in [0.05, 0.1) is 5.60 Å². The zero-order valence-corrected chi connectivity index (χ0v) is 9.28. The number of rotatable bonds is 0. The Bertz CT molecular complexity index is 292. The quantitative estimate of drug-likeness (QED) is 0.589. The molecule has 84 valence electrons. The fourth-order valence-electron chi connectivity index (χ4n) is 2.54. The molecule has 4 nitrogen and oxygen atoms in total. The highest BCUT2D eigenvalue weighted by Gasteiger charge is 2.48. The van der Waals surface area contributed by atoms with Gasteiger partial charge in [0.1, 0.15) is 6.61 Å². The molecule has 0 aromatic heterocycles. The SMILES string of the molecule is CC(=O)N1CCC2(CC1)OCC(=O)C2C. The zero-order valence-electron chi connectivity index (χ0n) is 9.28. The maximum atomic E-state index is 11.5. The normalized spacial score (nSPS) is 29.9. The first-order valence-electron chi connectivity index (χ1n) is 5.47. The van der Waals surface area contributed by atoms with E-state index in [2.05, 4.69) is 0 Å². The number of hydrogen-bond donors (Lipinski definition) is 0. The van der Waals surface area contributed by atoms with Gasteiger partial charge in [-0.25, -0.2) is 0 Å². The summed E-state index contributed by atoms with van der Waals surface area (Å²) in [5, 5.41) is 0. The topological polar surface area (TPSA) is 46.6 Å². The average Bonchev–Trinajstić information content (AvgIpc) is 2.48. The number of nitrogens with zero attached hydrogens (tertiary/aromatic N) is 1. The minimum absolute atomic E-state index is 0.00777. The summed E-state index contributed by atoms with van der Waals surface area (Å²) in [5.74, 6) is 0.305. The van der Waals surface area contributed by atoms with Crippen LogP contribution in [0, 0.1) is 5.92 Å². The Kier molecular flexibility index (Phi) is 2.54. The van der Waals surface area contributed by atoms with Crippen molar-refractivity contribution in [2.75, 3.05) is 19.7 Å². The predicted molar refractivity (Wildman–Crippen MR) is 54.3 cm³/mol. The molecule has 2 rings (SSSR count). The summed E-state index contributed by atoms with van der Waals surface area (Å²) in [4.78, 5) is 24.4. The molecule has 2 aliphatic heterocycles. The van der Waals surface area contributed by atoms with E-state index in [9.17, 15) is 9.59 Å². The number of piperidine rings is 1. The van der Waals surface area contributed by atoms with E-state index in [-0.39, 0.29) is 29.8 Å². The first kappa shape index (κ1) is 10.6. The predicted octanol–water partition coefficient (Wildman–Crippen LogP) is 0.603. The van der Waals surface area contributed by atoms with Crippen LogP contribution >= 0.6 is 0 Å². The van der Waals surface area contributed by atoms with Crippen molar-refractivity contribution in [1.29, 1.82) is 0 Å². The smallest absolute Gasteiger partial charge is 0.219 e. The molecule has 0 N–H and O–H groups in total. The lowest BCUT2D eigenvalue weighted by molar-refractivity contribution is -0.134. The van der Waals surface area contributed by atoms with Gasteiger partial charge < -0.3 is 9.64 Å². The highest BCUT2D eigenvalue weighted by Crippen LogP contribution is 2.38. The first-order chi connectivity index (χ1) is 7.05. The molecule has 0 radical (unpaired) electrons. The molecule has 1 atom stereocenters. The Morgan fingerprint density at radius 3 is 2.47 bits per heavy atom. The Balaban J connectivity index is 2.03. The maximum Gasteiger partial charge on any atom is 0.219 e. The summed E-state index contributed by atoms with van der Waals surface area (Å²) < 4.78 is 5.65. The first-order valence-corrected chi connectivity index (χ1v) is 5.47. The minimum atomic E-state index is -0.275. The molecular formula is C11H17NO3. The molecule has 0 aromatic carbocycles. The van der Waals surface area contributed by atoms with Gasteiger partial charge in [-0.3, -0.25) is 9.59 Å². The molecule has 4 heteroatoms. The van der Waals surface area contributed by atoms with Gasteiger partial charge in [-0.2, -0.15) is 0 Å². The summed E-state index contributed by atoms with van der Waals surface area (Å²) in [6, 6.07) is 0. The van der Waals surface area contributed by atoms with Crippen molar-refractivity contribution < 1.29 is 14.3 Å². The number of ketones is 1. The lowest BCUT2D eigenvalue weighted by atomic mass is 9.80. The lowest BCUT2D eigenvalue weighted by Crippen LogP contribution is -2.48. The third-order valence-corrected chi connectivity index (χ3v) is 3.83. The summed E-state index contributed by atoms with van der Waals surface area (Å²) in [6.07, 6.45) is 1.58. The van der Waals surface area contributed by atoms with Crippen molar-refractivity contribution in [3.63, 3.8) is 0 Å². The van der Waals surface area contributed by atoms with Gasteiger partial charge in [0.15, 0.2) is 5.78 Å². The number of ether oxygens (including phenoxy) is 1. The van der Waals surface area contributed by atoms with Crippen LogP contribution in [0.15, 0.2) is 0 Å². The van der Waals surface area contributed by atoms with E-state index in [0.717, 1.165) is 12.8 Å². The fourth-order valence-corrected chi connectivity index (χ4v) is 2.54. The largest absolute Gasteiger partial charge is 0.366 e. The molecule has 2 fully saturated rings. The Labute approximate surface area is 89.6 Å². The molecule has 0 aliphatic carbocycles. The maximum absolute atomic E-state index is 11.5. The van der Waals surface area contributed by atoms with Gasteiger partial charge in [0.25, 0.3) is 0 Å². The molecular weight excluding hydrogens is 194 g/mol. The van der Waals surface area contributed by atoms with Crippen LogP contribution in [0.2, 0.25) is 0 Å². The standard InChI is InChI=1S/C11H17NO3/c1-8-10(14)7-15-11(8)3-5-12(6-4-11)9(2)13/h8H,3-7H2,1-2H3. The summed E-state index contributed by atoms with van der Waals surface area (Å²) >= 11 is 0. The second kappa shape index (κ2) is 3.59. The van der Waals surface area contributed by atoms with E-state index in [0.29, 0.717) is 13.1 Å².